The summed E-state index contributed by atoms with van der Waals surface area (Å²) in [6.07, 6.45) is 2.17. The molecule has 1 aromatic carbocycles. The zero-order valence-electron chi connectivity index (χ0n) is 14.3. The maximum atomic E-state index is 12.7. The van der Waals surface area contributed by atoms with Crippen LogP contribution in [0.5, 0.6) is 5.75 Å². The number of thiophene rings is 1. The van der Waals surface area contributed by atoms with Crippen molar-refractivity contribution in [2.45, 2.75) is 33.1 Å². The molecule has 2 aromatic rings. The second-order valence-corrected chi connectivity index (χ2v) is 6.98. The smallest absolute Gasteiger partial charge is 0.308 e. The van der Waals surface area contributed by atoms with Crippen LogP contribution in [0.4, 0.5) is 5.69 Å². The van der Waals surface area contributed by atoms with Crippen molar-refractivity contribution in [2.75, 3.05) is 11.4 Å². The van der Waals surface area contributed by atoms with Crippen LogP contribution in [0.2, 0.25) is 0 Å². The van der Waals surface area contributed by atoms with Crippen LogP contribution in [0.1, 0.15) is 30.9 Å². The van der Waals surface area contributed by atoms with Crippen LogP contribution in [0.25, 0.3) is 10.1 Å². The molecule has 1 aliphatic heterocycles. The highest BCUT2D eigenvalue weighted by Gasteiger charge is 2.30. The number of esters is 1. The SMILES string of the molecule is C=C(CCC=O)C(=O)N1CCc2c1cc(OC(C)=O)c1scc(C)c21. The third-order valence-corrected chi connectivity index (χ3v) is 5.43. The number of hydrogen-bond donors (Lipinski definition) is 0. The van der Waals surface area contributed by atoms with Crippen molar-refractivity contribution in [2.24, 2.45) is 0 Å². The van der Waals surface area contributed by atoms with Gasteiger partial charge in [0.25, 0.3) is 5.91 Å². The number of amides is 1. The molecule has 1 amide bonds. The molecule has 0 bridgehead atoms. The molecule has 130 valence electrons. The van der Waals surface area contributed by atoms with Crippen LogP contribution < -0.4 is 9.64 Å². The molecule has 5 nitrogen and oxygen atoms in total. The fourth-order valence-corrected chi connectivity index (χ4v) is 4.25. The molecule has 0 N–H and O–H groups in total. The highest BCUT2D eigenvalue weighted by molar-refractivity contribution is 7.17. The topological polar surface area (TPSA) is 63.7 Å². The predicted molar refractivity (Wildman–Crippen MR) is 98.4 cm³/mol. The van der Waals surface area contributed by atoms with Gasteiger partial charge in [0, 0.05) is 36.9 Å². The zero-order chi connectivity index (χ0) is 18.1. The molecule has 2 heterocycles. The Morgan fingerprint density at radius 3 is 2.88 bits per heavy atom. The molecule has 0 radical (unpaired) electrons. The van der Waals surface area contributed by atoms with Crippen LogP contribution in [0.3, 0.4) is 0 Å². The minimum atomic E-state index is -0.390. The summed E-state index contributed by atoms with van der Waals surface area (Å²) in [7, 11) is 0. The van der Waals surface area contributed by atoms with Crippen LogP contribution in [0.15, 0.2) is 23.6 Å². The summed E-state index contributed by atoms with van der Waals surface area (Å²) in [6.45, 7) is 7.76. The van der Waals surface area contributed by atoms with E-state index in [-0.39, 0.29) is 12.3 Å². The van der Waals surface area contributed by atoms with Gasteiger partial charge in [-0.3, -0.25) is 9.59 Å². The maximum absolute atomic E-state index is 12.7. The zero-order valence-corrected chi connectivity index (χ0v) is 15.1. The molecule has 0 saturated heterocycles. The first-order valence-electron chi connectivity index (χ1n) is 8.09. The monoisotopic (exact) mass is 357 g/mol. The van der Waals surface area contributed by atoms with Gasteiger partial charge in [-0.15, -0.1) is 11.3 Å². The number of rotatable bonds is 5. The number of carbonyl (C=O) groups is 3. The van der Waals surface area contributed by atoms with Crippen molar-refractivity contribution in [1.29, 1.82) is 0 Å². The van der Waals surface area contributed by atoms with Gasteiger partial charge in [-0.2, -0.15) is 0 Å². The summed E-state index contributed by atoms with van der Waals surface area (Å²) in [4.78, 5) is 36.4. The molecular formula is C19H19NO4S. The molecule has 0 atom stereocenters. The molecular weight excluding hydrogens is 338 g/mol. The van der Waals surface area contributed by atoms with Crippen LogP contribution >= 0.6 is 11.3 Å². The quantitative estimate of drug-likeness (QED) is 0.355. The number of fused-ring (bicyclic) bond motifs is 3. The first-order valence-corrected chi connectivity index (χ1v) is 8.97. The average Bonchev–Trinajstić information content (AvgIpc) is 3.15. The first kappa shape index (κ1) is 17.4. The molecule has 0 saturated carbocycles. The second kappa shape index (κ2) is 6.80. The predicted octanol–water partition coefficient (Wildman–Crippen LogP) is 3.56. The van der Waals surface area contributed by atoms with E-state index in [1.165, 1.54) is 18.3 Å². The lowest BCUT2D eigenvalue weighted by atomic mass is 10.0. The van der Waals surface area contributed by atoms with Crippen molar-refractivity contribution in [3.8, 4) is 5.75 Å². The summed E-state index contributed by atoms with van der Waals surface area (Å²) >= 11 is 1.54. The van der Waals surface area contributed by atoms with Gasteiger partial charge >= 0.3 is 5.97 Å². The fourth-order valence-electron chi connectivity index (χ4n) is 3.22. The summed E-state index contributed by atoms with van der Waals surface area (Å²) in [5.41, 5.74) is 3.39. The van der Waals surface area contributed by atoms with Gasteiger partial charge in [0.15, 0.2) is 5.75 Å². The Balaban J connectivity index is 2.06. The number of hydrogen-bond acceptors (Lipinski definition) is 5. The minimum Gasteiger partial charge on any atom is -0.425 e. The largest absolute Gasteiger partial charge is 0.425 e. The van der Waals surface area contributed by atoms with Crippen LogP contribution in [-0.4, -0.2) is 24.7 Å². The fraction of sp³-hybridized carbons (Fsp3) is 0.316. The third kappa shape index (κ3) is 3.09. The van der Waals surface area contributed by atoms with Gasteiger partial charge in [-0.05, 0) is 36.3 Å². The number of anilines is 1. The number of carbonyl (C=O) groups excluding carboxylic acids is 3. The van der Waals surface area contributed by atoms with Crippen molar-refractivity contribution >= 4 is 45.3 Å². The third-order valence-electron chi connectivity index (χ3n) is 4.32. The molecule has 3 rings (SSSR count). The lowest BCUT2D eigenvalue weighted by Gasteiger charge is -2.19. The molecule has 0 fully saturated rings. The van der Waals surface area contributed by atoms with E-state index >= 15 is 0 Å². The average molecular weight is 357 g/mol. The first-order chi connectivity index (χ1) is 11.9. The number of nitrogens with zero attached hydrogens (tertiary/aromatic N) is 1. The lowest BCUT2D eigenvalue weighted by Crippen LogP contribution is -2.30. The summed E-state index contributed by atoms with van der Waals surface area (Å²) in [5, 5.41) is 3.10. The second-order valence-electron chi connectivity index (χ2n) is 6.10. The van der Waals surface area contributed by atoms with E-state index in [0.29, 0.717) is 24.3 Å². The van der Waals surface area contributed by atoms with Gasteiger partial charge < -0.3 is 14.4 Å². The standard InChI is InChI=1S/C19H19NO4S/c1-11(5-4-8-21)19(23)20-7-6-14-15(20)9-16(24-13(3)22)18-17(14)12(2)10-25-18/h8-10H,1,4-7H2,2-3H3. The van der Waals surface area contributed by atoms with E-state index in [0.717, 1.165) is 39.6 Å². The number of aryl methyl sites for hydroxylation is 1. The molecule has 0 unspecified atom stereocenters. The molecule has 1 aromatic heterocycles. The van der Waals surface area contributed by atoms with Gasteiger partial charge in [-0.25, -0.2) is 0 Å². The number of ether oxygens (including phenoxy) is 1. The van der Waals surface area contributed by atoms with E-state index in [1.54, 1.807) is 11.0 Å². The van der Waals surface area contributed by atoms with Crippen molar-refractivity contribution < 1.29 is 19.1 Å². The highest BCUT2D eigenvalue weighted by Crippen LogP contribution is 2.44. The Hall–Kier alpha value is -2.47. The molecule has 0 aliphatic carbocycles. The Kier molecular flexibility index (Phi) is 4.72. The Morgan fingerprint density at radius 1 is 1.44 bits per heavy atom. The van der Waals surface area contributed by atoms with E-state index in [9.17, 15) is 14.4 Å². The van der Waals surface area contributed by atoms with E-state index < -0.39 is 5.97 Å². The van der Waals surface area contributed by atoms with E-state index in [1.807, 2.05) is 12.3 Å². The Morgan fingerprint density at radius 2 is 2.20 bits per heavy atom. The normalized spacial score (nSPS) is 13.0. The summed E-state index contributed by atoms with van der Waals surface area (Å²) < 4.78 is 6.32. The van der Waals surface area contributed by atoms with E-state index in [2.05, 4.69) is 6.58 Å². The van der Waals surface area contributed by atoms with E-state index in [4.69, 9.17) is 4.74 Å². The minimum absolute atomic E-state index is 0.179. The highest BCUT2D eigenvalue weighted by atomic mass is 32.1. The maximum Gasteiger partial charge on any atom is 0.308 e. The lowest BCUT2D eigenvalue weighted by molar-refractivity contribution is -0.131. The summed E-state index contributed by atoms with van der Waals surface area (Å²) in [6, 6.07) is 1.77. The van der Waals surface area contributed by atoms with Gasteiger partial charge in [0.2, 0.25) is 0 Å². The Bertz CT molecular complexity index is 896. The molecule has 0 spiro atoms. The molecule has 6 heteroatoms. The van der Waals surface area contributed by atoms with Crippen LogP contribution in [0, 0.1) is 6.92 Å². The van der Waals surface area contributed by atoms with Crippen molar-refractivity contribution in [3.05, 3.63) is 34.7 Å². The Labute approximate surface area is 149 Å². The van der Waals surface area contributed by atoms with Gasteiger partial charge in [0.1, 0.15) is 6.29 Å². The summed E-state index contributed by atoms with van der Waals surface area (Å²) in [5.74, 6) is -0.0854. The number of aldehydes is 1. The van der Waals surface area contributed by atoms with Crippen molar-refractivity contribution in [1.82, 2.24) is 0 Å². The van der Waals surface area contributed by atoms with Gasteiger partial charge in [-0.1, -0.05) is 6.58 Å². The van der Waals surface area contributed by atoms with Crippen LogP contribution in [-0.2, 0) is 20.8 Å². The molecule has 25 heavy (non-hydrogen) atoms. The number of benzene rings is 1. The van der Waals surface area contributed by atoms with Gasteiger partial charge in [0.05, 0.1) is 10.4 Å². The molecule has 1 aliphatic rings. The van der Waals surface area contributed by atoms with Crippen molar-refractivity contribution in [3.63, 3.8) is 0 Å².